The highest BCUT2D eigenvalue weighted by atomic mass is 15.0. The van der Waals surface area contributed by atoms with Gasteiger partial charge in [-0.25, -0.2) is 4.98 Å². The Morgan fingerprint density at radius 3 is 2.41 bits per heavy atom. The average Bonchev–Trinajstić information content (AvgIpc) is 2.71. The summed E-state index contributed by atoms with van der Waals surface area (Å²) in [6.45, 7) is 4.24. The number of rotatable bonds is 1. The van der Waals surface area contributed by atoms with Crippen LogP contribution in [0.5, 0.6) is 0 Å². The number of aryl methyl sites for hydroxylation is 2. The van der Waals surface area contributed by atoms with E-state index in [1.54, 1.807) is 0 Å². The van der Waals surface area contributed by atoms with Crippen molar-refractivity contribution >= 4 is 11.0 Å². The Kier molecular flexibility index (Phi) is 2.22. The molecule has 2 nitrogen and oxygen atoms in total. The molecule has 3 aromatic rings. The second-order valence-electron chi connectivity index (χ2n) is 4.45. The van der Waals surface area contributed by atoms with Gasteiger partial charge in [0.25, 0.3) is 0 Å². The number of fused-ring (bicyclic) bond motifs is 1. The first kappa shape index (κ1) is 10.1. The number of hydrogen-bond donors (Lipinski definition) is 0. The predicted octanol–water partition coefficient (Wildman–Crippen LogP) is 3.64. The molecule has 0 aliphatic heterocycles. The fraction of sp³-hybridized carbons (Fsp3) is 0.133. The van der Waals surface area contributed by atoms with Crippen LogP contribution < -0.4 is 0 Å². The molecule has 0 N–H and O–H groups in total. The lowest BCUT2D eigenvalue weighted by Crippen LogP contribution is -1.93. The molecule has 0 fully saturated rings. The molecule has 3 rings (SSSR count). The molecule has 17 heavy (non-hydrogen) atoms. The lowest BCUT2D eigenvalue weighted by molar-refractivity contribution is 1.08. The van der Waals surface area contributed by atoms with Crippen LogP contribution in [0.3, 0.4) is 0 Å². The summed E-state index contributed by atoms with van der Waals surface area (Å²) in [6, 6.07) is 14.7. The minimum Gasteiger partial charge on any atom is -0.299 e. The molecule has 0 bridgehead atoms. The second-order valence-corrected chi connectivity index (χ2v) is 4.45. The van der Waals surface area contributed by atoms with E-state index in [0.717, 1.165) is 11.0 Å². The quantitative estimate of drug-likeness (QED) is 0.614. The number of aromatic nitrogens is 2. The third-order valence-corrected chi connectivity index (χ3v) is 2.94. The molecule has 2 heteroatoms. The van der Waals surface area contributed by atoms with Gasteiger partial charge in [0.2, 0.25) is 0 Å². The molecule has 1 aromatic heterocycles. The van der Waals surface area contributed by atoms with Crippen LogP contribution >= 0.6 is 0 Å². The van der Waals surface area contributed by atoms with Crippen LogP contribution in [0.2, 0.25) is 0 Å². The third kappa shape index (κ3) is 1.72. The van der Waals surface area contributed by atoms with Crippen LogP contribution in [-0.2, 0) is 0 Å². The number of nitrogens with zero attached hydrogens (tertiary/aromatic N) is 2. The Hall–Kier alpha value is -2.09. The highest BCUT2D eigenvalue weighted by Gasteiger charge is 2.04. The van der Waals surface area contributed by atoms with E-state index in [0.29, 0.717) is 0 Å². The summed E-state index contributed by atoms with van der Waals surface area (Å²) in [6.07, 6.45) is 1.89. The topological polar surface area (TPSA) is 17.8 Å². The summed E-state index contributed by atoms with van der Waals surface area (Å²) in [7, 11) is 0. The van der Waals surface area contributed by atoms with Crippen LogP contribution in [0.1, 0.15) is 11.1 Å². The maximum Gasteiger partial charge on any atom is 0.100 e. The first-order valence-electron chi connectivity index (χ1n) is 5.75. The van der Waals surface area contributed by atoms with Gasteiger partial charge in [-0.2, -0.15) is 0 Å². The standard InChI is InChI=1S/C15H14N2/c1-11-7-12(2)9-13(8-11)17-10-16-14-5-3-4-6-15(14)17/h3-10H,1-2H3. The number of para-hydroxylation sites is 2. The SMILES string of the molecule is Cc1cc(C)cc(-n2cnc3ccccc32)c1. The summed E-state index contributed by atoms with van der Waals surface area (Å²) >= 11 is 0. The fourth-order valence-corrected chi connectivity index (χ4v) is 2.25. The Morgan fingerprint density at radius 2 is 1.65 bits per heavy atom. The van der Waals surface area contributed by atoms with E-state index in [2.05, 4.69) is 47.7 Å². The van der Waals surface area contributed by atoms with Crippen molar-refractivity contribution in [2.75, 3.05) is 0 Å². The molecular formula is C15H14N2. The van der Waals surface area contributed by atoms with Gasteiger partial charge < -0.3 is 0 Å². The highest BCUT2D eigenvalue weighted by Crippen LogP contribution is 2.19. The van der Waals surface area contributed by atoms with E-state index in [4.69, 9.17) is 0 Å². The first-order valence-corrected chi connectivity index (χ1v) is 5.75. The van der Waals surface area contributed by atoms with Gasteiger partial charge >= 0.3 is 0 Å². The van der Waals surface area contributed by atoms with Crippen molar-refractivity contribution in [3.63, 3.8) is 0 Å². The van der Waals surface area contributed by atoms with Gasteiger partial charge in [0.15, 0.2) is 0 Å². The van der Waals surface area contributed by atoms with Crippen LogP contribution in [0.25, 0.3) is 16.7 Å². The molecule has 0 aliphatic carbocycles. The van der Waals surface area contributed by atoms with Gasteiger partial charge in [-0.3, -0.25) is 4.57 Å². The van der Waals surface area contributed by atoms with Gasteiger partial charge in [0.05, 0.1) is 11.0 Å². The molecule has 0 saturated carbocycles. The molecule has 2 aromatic carbocycles. The van der Waals surface area contributed by atoms with Crippen LogP contribution in [0.4, 0.5) is 0 Å². The van der Waals surface area contributed by atoms with Crippen LogP contribution in [0.15, 0.2) is 48.8 Å². The van der Waals surface area contributed by atoms with Crippen LogP contribution in [0, 0.1) is 13.8 Å². The summed E-state index contributed by atoms with van der Waals surface area (Å²) in [4.78, 5) is 4.42. The summed E-state index contributed by atoms with van der Waals surface area (Å²) < 4.78 is 2.13. The molecule has 0 radical (unpaired) electrons. The van der Waals surface area contributed by atoms with Crippen molar-refractivity contribution in [3.05, 3.63) is 59.9 Å². The lowest BCUT2D eigenvalue weighted by Gasteiger charge is -2.07. The molecule has 84 valence electrons. The van der Waals surface area contributed by atoms with Crippen molar-refractivity contribution in [2.24, 2.45) is 0 Å². The van der Waals surface area contributed by atoms with E-state index in [-0.39, 0.29) is 0 Å². The van der Waals surface area contributed by atoms with Crippen molar-refractivity contribution in [3.8, 4) is 5.69 Å². The minimum absolute atomic E-state index is 1.03. The number of imidazole rings is 1. The smallest absolute Gasteiger partial charge is 0.100 e. The van der Waals surface area contributed by atoms with E-state index >= 15 is 0 Å². The normalized spacial score (nSPS) is 10.9. The summed E-state index contributed by atoms with van der Waals surface area (Å²) in [5, 5.41) is 0. The Balaban J connectivity index is 2.27. The molecule has 0 atom stereocenters. The van der Waals surface area contributed by atoms with Crippen molar-refractivity contribution in [1.82, 2.24) is 9.55 Å². The molecule has 1 heterocycles. The zero-order chi connectivity index (χ0) is 11.8. The average molecular weight is 222 g/mol. The molecule has 0 unspecified atom stereocenters. The van der Waals surface area contributed by atoms with Gasteiger partial charge in [-0.05, 0) is 49.2 Å². The zero-order valence-electron chi connectivity index (χ0n) is 10.0. The lowest BCUT2D eigenvalue weighted by atomic mass is 10.1. The molecule has 0 spiro atoms. The van der Waals surface area contributed by atoms with Gasteiger partial charge in [-0.1, -0.05) is 18.2 Å². The maximum atomic E-state index is 4.42. The van der Waals surface area contributed by atoms with E-state index < -0.39 is 0 Å². The minimum atomic E-state index is 1.03. The number of benzene rings is 2. The summed E-state index contributed by atoms with van der Waals surface area (Å²) in [5.41, 5.74) is 5.91. The number of hydrogen-bond acceptors (Lipinski definition) is 1. The van der Waals surface area contributed by atoms with E-state index in [9.17, 15) is 0 Å². The molecule has 0 aliphatic rings. The summed E-state index contributed by atoms with van der Waals surface area (Å²) in [5.74, 6) is 0. The maximum absolute atomic E-state index is 4.42. The van der Waals surface area contributed by atoms with Crippen molar-refractivity contribution in [1.29, 1.82) is 0 Å². The van der Waals surface area contributed by atoms with Crippen LogP contribution in [-0.4, -0.2) is 9.55 Å². The largest absolute Gasteiger partial charge is 0.299 e. The fourth-order valence-electron chi connectivity index (χ4n) is 2.25. The highest BCUT2D eigenvalue weighted by molar-refractivity contribution is 5.77. The Bertz CT molecular complexity index is 660. The van der Waals surface area contributed by atoms with Gasteiger partial charge in [0.1, 0.15) is 6.33 Å². The monoisotopic (exact) mass is 222 g/mol. The molecule has 0 saturated heterocycles. The zero-order valence-corrected chi connectivity index (χ0v) is 10.0. The predicted molar refractivity (Wildman–Crippen MR) is 70.5 cm³/mol. The second kappa shape index (κ2) is 3.74. The molecule has 0 amide bonds. The van der Waals surface area contributed by atoms with Crippen molar-refractivity contribution < 1.29 is 0 Å². The van der Waals surface area contributed by atoms with E-state index in [1.165, 1.54) is 16.8 Å². The van der Waals surface area contributed by atoms with Crippen molar-refractivity contribution in [2.45, 2.75) is 13.8 Å². The third-order valence-electron chi connectivity index (χ3n) is 2.94. The van der Waals surface area contributed by atoms with Gasteiger partial charge in [0, 0.05) is 5.69 Å². The van der Waals surface area contributed by atoms with Gasteiger partial charge in [-0.15, -0.1) is 0 Å². The first-order chi connectivity index (χ1) is 8.24. The Labute approximate surface area is 101 Å². The van der Waals surface area contributed by atoms with E-state index in [1.807, 2.05) is 24.5 Å². The Morgan fingerprint density at radius 1 is 0.941 bits per heavy atom. The molecular weight excluding hydrogens is 208 g/mol.